The second-order valence-electron chi connectivity index (χ2n) is 6.00. The van der Waals surface area contributed by atoms with Crippen LogP contribution in [0.4, 0.5) is 11.6 Å². The summed E-state index contributed by atoms with van der Waals surface area (Å²) in [6.07, 6.45) is 0.154. The van der Waals surface area contributed by atoms with Gasteiger partial charge in [0.1, 0.15) is 0 Å². The van der Waals surface area contributed by atoms with E-state index in [0.717, 1.165) is 5.56 Å². The Kier molecular flexibility index (Phi) is 5.14. The molecule has 1 N–H and O–H groups in total. The molecule has 0 aliphatic rings. The molecule has 9 nitrogen and oxygen atoms in total. The van der Waals surface area contributed by atoms with Crippen molar-refractivity contribution in [2.45, 2.75) is 12.8 Å². The highest BCUT2D eigenvalue weighted by Crippen LogP contribution is 2.27. The summed E-state index contributed by atoms with van der Waals surface area (Å²) in [5.41, 5.74) is 1.45. The zero-order valence-corrected chi connectivity index (χ0v) is 16.4. The Balaban J connectivity index is 1.45. The summed E-state index contributed by atoms with van der Waals surface area (Å²) >= 11 is 2.68. The van der Waals surface area contributed by atoms with Crippen molar-refractivity contribution in [1.82, 2.24) is 14.6 Å². The maximum Gasteiger partial charge on any atom is 0.269 e. The number of aromatic nitrogens is 3. The van der Waals surface area contributed by atoms with Gasteiger partial charge in [0.2, 0.25) is 16.8 Å². The zero-order valence-electron chi connectivity index (χ0n) is 14.8. The fraction of sp³-hybridized carbons (Fsp3) is 0.111. The van der Waals surface area contributed by atoms with Gasteiger partial charge in [0, 0.05) is 35.9 Å². The molecule has 1 amide bonds. The molecule has 0 spiro atoms. The average molecular weight is 427 g/mol. The van der Waals surface area contributed by atoms with E-state index in [9.17, 15) is 19.7 Å². The van der Waals surface area contributed by atoms with Gasteiger partial charge in [0.05, 0.1) is 15.5 Å². The van der Waals surface area contributed by atoms with Crippen molar-refractivity contribution in [2.24, 2.45) is 0 Å². The number of fused-ring (bicyclic) bond motifs is 1. The van der Waals surface area contributed by atoms with Crippen LogP contribution in [0.15, 0.2) is 47.2 Å². The molecule has 0 aliphatic heterocycles. The predicted octanol–water partition coefficient (Wildman–Crippen LogP) is 4.03. The normalized spacial score (nSPS) is 10.9. The number of nitro benzene ring substituents is 1. The van der Waals surface area contributed by atoms with E-state index in [4.69, 9.17) is 0 Å². The molecule has 0 unspecified atom stereocenters. The number of hydrogen-bond acceptors (Lipinski definition) is 8. The van der Waals surface area contributed by atoms with Crippen LogP contribution >= 0.6 is 22.7 Å². The Labute approximate surface area is 171 Å². The van der Waals surface area contributed by atoms with Crippen LogP contribution in [-0.2, 0) is 4.79 Å². The summed E-state index contributed by atoms with van der Waals surface area (Å²) in [7, 11) is 0. The van der Waals surface area contributed by atoms with Crippen molar-refractivity contribution in [3.8, 4) is 11.3 Å². The number of carbonyl (C=O) groups excluding carboxylic acids is 2. The molecule has 0 saturated carbocycles. The number of amides is 1. The van der Waals surface area contributed by atoms with Crippen LogP contribution in [0.3, 0.4) is 0 Å². The largest absolute Gasteiger partial charge is 0.293 e. The van der Waals surface area contributed by atoms with Crippen molar-refractivity contribution in [3.63, 3.8) is 0 Å². The van der Waals surface area contributed by atoms with Gasteiger partial charge in [-0.05, 0) is 23.6 Å². The van der Waals surface area contributed by atoms with Crippen molar-refractivity contribution >= 4 is 51.0 Å². The van der Waals surface area contributed by atoms with Gasteiger partial charge in [-0.3, -0.25) is 25.0 Å². The van der Waals surface area contributed by atoms with Gasteiger partial charge in [0.15, 0.2) is 5.78 Å². The molecule has 0 atom stereocenters. The third kappa shape index (κ3) is 4.05. The first-order chi connectivity index (χ1) is 14.0. The molecule has 146 valence electrons. The highest BCUT2D eigenvalue weighted by atomic mass is 32.1. The third-order valence-corrected chi connectivity index (χ3v) is 5.81. The zero-order chi connectivity index (χ0) is 20.4. The first-order valence-electron chi connectivity index (χ1n) is 8.47. The van der Waals surface area contributed by atoms with Gasteiger partial charge in [-0.25, -0.2) is 4.52 Å². The number of anilines is 1. The van der Waals surface area contributed by atoms with E-state index in [0.29, 0.717) is 15.5 Å². The summed E-state index contributed by atoms with van der Waals surface area (Å²) in [6, 6.07) is 9.63. The lowest BCUT2D eigenvalue weighted by Gasteiger charge is -2.00. The molecule has 0 fully saturated rings. The second kappa shape index (κ2) is 7.89. The molecule has 3 heterocycles. The highest BCUT2D eigenvalue weighted by molar-refractivity contribution is 7.15. The van der Waals surface area contributed by atoms with Crippen LogP contribution in [-0.4, -0.2) is 31.2 Å². The van der Waals surface area contributed by atoms with Crippen molar-refractivity contribution in [3.05, 3.63) is 62.1 Å². The number of carbonyl (C=O) groups is 2. The number of Topliss-reactive ketones (excluding diaryl/α,β-unsaturated/α-hetero) is 1. The van der Waals surface area contributed by atoms with E-state index in [1.807, 2.05) is 10.8 Å². The predicted molar refractivity (Wildman–Crippen MR) is 109 cm³/mol. The van der Waals surface area contributed by atoms with Gasteiger partial charge in [-0.2, -0.15) is 4.98 Å². The second-order valence-corrected chi connectivity index (χ2v) is 7.79. The summed E-state index contributed by atoms with van der Waals surface area (Å²) in [5, 5.41) is 21.3. The van der Waals surface area contributed by atoms with Crippen LogP contribution in [0.1, 0.15) is 22.5 Å². The number of rotatable bonds is 7. The molecule has 11 heteroatoms. The molecule has 29 heavy (non-hydrogen) atoms. The van der Waals surface area contributed by atoms with Crippen LogP contribution in [0.2, 0.25) is 0 Å². The fourth-order valence-corrected chi connectivity index (χ4v) is 4.19. The number of non-ortho nitro benzene ring substituents is 1. The minimum absolute atomic E-state index is 0.00358. The van der Waals surface area contributed by atoms with E-state index < -0.39 is 4.92 Å². The molecule has 4 rings (SSSR count). The Bertz CT molecular complexity index is 1200. The van der Waals surface area contributed by atoms with Crippen molar-refractivity contribution in [2.75, 3.05) is 5.32 Å². The minimum atomic E-state index is -0.459. The van der Waals surface area contributed by atoms with E-state index in [2.05, 4.69) is 15.4 Å². The molecule has 0 saturated heterocycles. The van der Waals surface area contributed by atoms with Gasteiger partial charge in [0.25, 0.3) is 5.69 Å². The molecular formula is C18H13N5O4S2. The number of thiazole rings is 1. The quantitative estimate of drug-likeness (QED) is 0.270. The average Bonchev–Trinajstić information content (AvgIpc) is 3.43. The van der Waals surface area contributed by atoms with Gasteiger partial charge in [-0.15, -0.1) is 27.8 Å². The maximum absolute atomic E-state index is 12.1. The summed E-state index contributed by atoms with van der Waals surface area (Å²) in [4.78, 5) is 39.9. The van der Waals surface area contributed by atoms with Crippen molar-refractivity contribution < 1.29 is 14.5 Å². The standard InChI is InChI=1S/C18H13N5O4S2/c24-14(15-2-1-9-28-15)7-8-16(25)19-17-20-18-22(21-17)13(10-29-18)11-3-5-12(6-4-11)23(26)27/h1-6,9-10H,7-8H2,(H,19,21,25). The topological polar surface area (TPSA) is 120 Å². The van der Waals surface area contributed by atoms with E-state index >= 15 is 0 Å². The molecule has 0 bridgehead atoms. The highest BCUT2D eigenvalue weighted by Gasteiger charge is 2.15. The van der Waals surface area contributed by atoms with Crippen LogP contribution in [0.25, 0.3) is 16.2 Å². The smallest absolute Gasteiger partial charge is 0.269 e. The Hall–Kier alpha value is -3.44. The molecule has 4 aromatic rings. The number of nitrogens with one attached hydrogen (secondary N) is 1. The lowest BCUT2D eigenvalue weighted by atomic mass is 10.1. The number of thiophene rings is 1. The summed E-state index contributed by atoms with van der Waals surface area (Å²) < 4.78 is 1.57. The molecule has 0 aliphatic carbocycles. The fourth-order valence-electron chi connectivity index (χ4n) is 2.66. The number of nitro groups is 1. The number of hydrogen-bond donors (Lipinski definition) is 1. The van der Waals surface area contributed by atoms with E-state index in [1.54, 1.807) is 28.8 Å². The minimum Gasteiger partial charge on any atom is -0.293 e. The first kappa shape index (κ1) is 18.9. The molecular weight excluding hydrogens is 414 g/mol. The maximum atomic E-state index is 12.1. The monoisotopic (exact) mass is 427 g/mol. The van der Waals surface area contributed by atoms with Crippen LogP contribution < -0.4 is 5.32 Å². The Morgan fingerprint density at radius 1 is 1.14 bits per heavy atom. The lowest BCUT2D eigenvalue weighted by Crippen LogP contribution is -2.14. The summed E-state index contributed by atoms with van der Waals surface area (Å²) in [6.45, 7) is 0. The van der Waals surface area contributed by atoms with Gasteiger partial charge < -0.3 is 0 Å². The van der Waals surface area contributed by atoms with Gasteiger partial charge >= 0.3 is 0 Å². The molecule has 0 radical (unpaired) electrons. The SMILES string of the molecule is O=C(CCC(=O)c1cccs1)Nc1nc2scc(-c3ccc([N+](=O)[O-])cc3)n2n1. The van der Waals surface area contributed by atoms with E-state index in [1.165, 1.54) is 34.8 Å². The van der Waals surface area contributed by atoms with Crippen LogP contribution in [0.5, 0.6) is 0 Å². The number of ketones is 1. The first-order valence-corrected chi connectivity index (χ1v) is 10.2. The van der Waals surface area contributed by atoms with Crippen molar-refractivity contribution in [1.29, 1.82) is 0 Å². The Morgan fingerprint density at radius 2 is 1.93 bits per heavy atom. The van der Waals surface area contributed by atoms with Gasteiger partial charge in [-0.1, -0.05) is 6.07 Å². The molecule has 3 aromatic heterocycles. The number of nitrogens with zero attached hydrogens (tertiary/aromatic N) is 4. The van der Waals surface area contributed by atoms with E-state index in [-0.39, 0.29) is 36.2 Å². The van der Waals surface area contributed by atoms with Crippen LogP contribution in [0, 0.1) is 10.1 Å². The molecule has 1 aromatic carbocycles. The third-order valence-electron chi connectivity index (χ3n) is 4.08. The Morgan fingerprint density at radius 3 is 2.62 bits per heavy atom. The number of benzene rings is 1. The lowest BCUT2D eigenvalue weighted by molar-refractivity contribution is -0.384. The summed E-state index contributed by atoms with van der Waals surface area (Å²) in [5.74, 6) is -0.270.